The van der Waals surface area contributed by atoms with Crippen LogP contribution in [0.2, 0.25) is 0 Å². The van der Waals surface area contributed by atoms with Crippen LogP contribution < -0.4 is 16.0 Å². The zero-order valence-corrected chi connectivity index (χ0v) is 17.9. The summed E-state index contributed by atoms with van der Waals surface area (Å²) >= 11 is 0. The molecule has 0 saturated heterocycles. The van der Waals surface area contributed by atoms with Gasteiger partial charge in [-0.25, -0.2) is 0 Å². The van der Waals surface area contributed by atoms with Gasteiger partial charge in [-0.1, -0.05) is 18.2 Å². The fraction of sp³-hybridized carbons (Fsp3) is 0.273. The zero-order chi connectivity index (χ0) is 23.3. The molecular formula is C22H26N6O5. The van der Waals surface area contributed by atoms with Gasteiger partial charge in [-0.2, -0.15) is 15.0 Å². The van der Waals surface area contributed by atoms with Crippen LogP contribution in [0, 0.1) is 0 Å². The van der Waals surface area contributed by atoms with E-state index in [1.807, 2.05) is 18.2 Å². The summed E-state index contributed by atoms with van der Waals surface area (Å²) in [5.74, 6) is 0.357. The van der Waals surface area contributed by atoms with Crippen molar-refractivity contribution in [3.8, 4) is 11.8 Å². The van der Waals surface area contributed by atoms with Gasteiger partial charge >= 0.3 is 6.01 Å². The SMILES string of the molecule is O=C(NCCOCCOCCNc1nc(O)nc(Nc2ccc(O)cc2)n1)c1ccccc1. The summed E-state index contributed by atoms with van der Waals surface area (Å²) in [6, 6.07) is 14.9. The maximum absolute atomic E-state index is 11.9. The number of hydrogen-bond donors (Lipinski definition) is 5. The van der Waals surface area contributed by atoms with Crippen molar-refractivity contribution >= 4 is 23.5 Å². The van der Waals surface area contributed by atoms with Crippen molar-refractivity contribution in [3.63, 3.8) is 0 Å². The summed E-state index contributed by atoms with van der Waals surface area (Å²) in [6.45, 7) is 2.38. The number of anilines is 3. The zero-order valence-electron chi connectivity index (χ0n) is 17.9. The number of nitrogens with one attached hydrogen (secondary N) is 3. The molecule has 1 amide bonds. The molecule has 11 heteroatoms. The lowest BCUT2D eigenvalue weighted by atomic mass is 10.2. The average Bonchev–Trinajstić information content (AvgIpc) is 2.82. The Morgan fingerprint density at radius 1 is 0.788 bits per heavy atom. The van der Waals surface area contributed by atoms with Gasteiger partial charge in [-0.3, -0.25) is 4.79 Å². The molecule has 33 heavy (non-hydrogen) atoms. The van der Waals surface area contributed by atoms with E-state index in [4.69, 9.17) is 9.47 Å². The van der Waals surface area contributed by atoms with Crippen molar-refractivity contribution in [2.75, 3.05) is 50.2 Å². The van der Waals surface area contributed by atoms with E-state index in [1.54, 1.807) is 24.3 Å². The molecule has 0 atom stereocenters. The van der Waals surface area contributed by atoms with Crippen molar-refractivity contribution in [2.24, 2.45) is 0 Å². The van der Waals surface area contributed by atoms with E-state index in [1.165, 1.54) is 12.1 Å². The van der Waals surface area contributed by atoms with Gasteiger partial charge in [0.1, 0.15) is 5.75 Å². The van der Waals surface area contributed by atoms with Gasteiger partial charge in [-0.05, 0) is 36.4 Å². The van der Waals surface area contributed by atoms with Crippen molar-refractivity contribution in [2.45, 2.75) is 0 Å². The van der Waals surface area contributed by atoms with Crippen LogP contribution in [-0.2, 0) is 9.47 Å². The first-order valence-corrected chi connectivity index (χ1v) is 10.3. The monoisotopic (exact) mass is 454 g/mol. The van der Waals surface area contributed by atoms with Crippen molar-refractivity contribution < 1.29 is 24.5 Å². The Balaban J connectivity index is 1.25. The van der Waals surface area contributed by atoms with Gasteiger partial charge in [0, 0.05) is 24.3 Å². The summed E-state index contributed by atoms with van der Waals surface area (Å²) in [5.41, 5.74) is 1.26. The molecule has 3 rings (SSSR count). The number of ether oxygens (including phenoxy) is 2. The number of carbonyl (C=O) groups excluding carboxylic acids is 1. The minimum atomic E-state index is -0.428. The Morgan fingerprint density at radius 2 is 1.45 bits per heavy atom. The summed E-state index contributed by atoms with van der Waals surface area (Å²) in [7, 11) is 0. The molecule has 0 aliphatic heterocycles. The highest BCUT2D eigenvalue weighted by atomic mass is 16.5. The first kappa shape index (κ1) is 23.7. The fourth-order valence-corrected chi connectivity index (χ4v) is 2.66. The first-order chi connectivity index (χ1) is 16.1. The van der Waals surface area contributed by atoms with Crippen LogP contribution in [0.25, 0.3) is 0 Å². The van der Waals surface area contributed by atoms with E-state index in [0.29, 0.717) is 50.8 Å². The van der Waals surface area contributed by atoms with Crippen LogP contribution >= 0.6 is 0 Å². The highest BCUT2D eigenvalue weighted by Gasteiger charge is 2.06. The molecule has 174 valence electrons. The van der Waals surface area contributed by atoms with Gasteiger partial charge in [-0.15, -0.1) is 0 Å². The topological polar surface area (TPSA) is 151 Å². The maximum atomic E-state index is 11.9. The Labute approximate surface area is 190 Å². The average molecular weight is 454 g/mol. The molecule has 1 heterocycles. The van der Waals surface area contributed by atoms with Gasteiger partial charge in [0.25, 0.3) is 5.91 Å². The number of benzene rings is 2. The molecule has 2 aromatic carbocycles. The Kier molecular flexibility index (Phi) is 9.18. The summed E-state index contributed by atoms with van der Waals surface area (Å²) in [5, 5.41) is 27.7. The number of aromatic nitrogens is 3. The number of aromatic hydroxyl groups is 2. The summed E-state index contributed by atoms with van der Waals surface area (Å²) in [4.78, 5) is 23.7. The smallest absolute Gasteiger partial charge is 0.320 e. The quantitative estimate of drug-likeness (QED) is 0.191. The third kappa shape index (κ3) is 8.59. The maximum Gasteiger partial charge on any atom is 0.320 e. The minimum Gasteiger partial charge on any atom is -0.508 e. The molecule has 0 saturated carbocycles. The van der Waals surface area contributed by atoms with Crippen LogP contribution in [-0.4, -0.2) is 70.6 Å². The highest BCUT2D eigenvalue weighted by Crippen LogP contribution is 2.18. The normalized spacial score (nSPS) is 10.5. The largest absolute Gasteiger partial charge is 0.508 e. The van der Waals surface area contributed by atoms with Crippen LogP contribution in [0.1, 0.15) is 10.4 Å². The van der Waals surface area contributed by atoms with Crippen LogP contribution in [0.3, 0.4) is 0 Å². The predicted octanol–water partition coefficient (Wildman–Crippen LogP) is 1.90. The van der Waals surface area contributed by atoms with E-state index in [0.717, 1.165) is 0 Å². The molecule has 0 aliphatic carbocycles. The van der Waals surface area contributed by atoms with Crippen molar-refractivity contribution in [1.29, 1.82) is 0 Å². The second-order valence-electron chi connectivity index (χ2n) is 6.73. The molecule has 1 aromatic heterocycles. The summed E-state index contributed by atoms with van der Waals surface area (Å²) < 4.78 is 10.9. The number of phenolic OH excluding ortho intramolecular Hbond substituents is 1. The van der Waals surface area contributed by atoms with E-state index in [2.05, 4.69) is 30.9 Å². The lowest BCUT2D eigenvalue weighted by Crippen LogP contribution is -2.27. The minimum absolute atomic E-state index is 0.132. The van der Waals surface area contributed by atoms with Crippen molar-refractivity contribution in [3.05, 3.63) is 60.2 Å². The molecule has 0 spiro atoms. The number of hydrogen-bond acceptors (Lipinski definition) is 10. The molecule has 0 bridgehead atoms. The van der Waals surface area contributed by atoms with E-state index in [-0.39, 0.29) is 23.6 Å². The predicted molar refractivity (Wildman–Crippen MR) is 122 cm³/mol. The summed E-state index contributed by atoms with van der Waals surface area (Å²) in [6.07, 6.45) is 0. The third-order valence-electron chi connectivity index (χ3n) is 4.22. The fourth-order valence-electron chi connectivity index (χ4n) is 2.66. The number of phenols is 1. The molecule has 0 fully saturated rings. The Hall–Kier alpha value is -3.96. The first-order valence-electron chi connectivity index (χ1n) is 10.3. The van der Waals surface area contributed by atoms with Crippen LogP contribution in [0.15, 0.2) is 54.6 Å². The number of rotatable bonds is 13. The van der Waals surface area contributed by atoms with E-state index in [9.17, 15) is 15.0 Å². The second-order valence-corrected chi connectivity index (χ2v) is 6.73. The molecule has 0 aliphatic rings. The molecule has 0 radical (unpaired) electrons. The van der Waals surface area contributed by atoms with Crippen LogP contribution in [0.4, 0.5) is 17.6 Å². The lowest BCUT2D eigenvalue weighted by Gasteiger charge is -2.09. The highest BCUT2D eigenvalue weighted by molar-refractivity contribution is 5.94. The molecule has 0 unspecified atom stereocenters. The number of carbonyl (C=O) groups is 1. The Bertz CT molecular complexity index is 1000. The van der Waals surface area contributed by atoms with E-state index < -0.39 is 6.01 Å². The second kappa shape index (κ2) is 12.8. The number of nitrogens with zero attached hydrogens (tertiary/aromatic N) is 3. The van der Waals surface area contributed by atoms with Gasteiger partial charge in [0.15, 0.2) is 0 Å². The van der Waals surface area contributed by atoms with Gasteiger partial charge in [0.05, 0.1) is 26.4 Å². The molecular weight excluding hydrogens is 428 g/mol. The standard InChI is InChI=1S/C22H26N6O5/c29-18-8-6-17(7-9-18)25-21-26-20(27-22(31)28-21)24-11-13-33-15-14-32-12-10-23-19(30)16-4-2-1-3-5-16/h1-9,29H,10-15H2,(H,23,30)(H3,24,25,26,27,28,31). The van der Waals surface area contributed by atoms with Crippen LogP contribution in [0.5, 0.6) is 11.8 Å². The van der Waals surface area contributed by atoms with Gasteiger partial charge in [0.2, 0.25) is 11.9 Å². The Morgan fingerprint density at radius 3 is 2.18 bits per heavy atom. The number of amides is 1. The molecule has 5 N–H and O–H groups in total. The molecule has 3 aromatic rings. The van der Waals surface area contributed by atoms with E-state index >= 15 is 0 Å². The van der Waals surface area contributed by atoms with Crippen molar-refractivity contribution in [1.82, 2.24) is 20.3 Å². The molecule has 11 nitrogen and oxygen atoms in total. The lowest BCUT2D eigenvalue weighted by molar-refractivity contribution is 0.0519. The third-order valence-corrected chi connectivity index (χ3v) is 4.22. The van der Waals surface area contributed by atoms with Gasteiger partial charge < -0.3 is 35.6 Å².